The van der Waals surface area contributed by atoms with E-state index in [-0.39, 0.29) is 39.6 Å². The van der Waals surface area contributed by atoms with Crippen molar-refractivity contribution in [1.29, 1.82) is 0 Å². The summed E-state index contributed by atoms with van der Waals surface area (Å²) in [5, 5.41) is 34.1. The molecule has 37 heavy (non-hydrogen) atoms. The molecule has 0 atom stereocenters. The van der Waals surface area contributed by atoms with Crippen LogP contribution in [0.1, 0.15) is 34.6 Å². The summed E-state index contributed by atoms with van der Waals surface area (Å²) in [6.07, 6.45) is 0.386. The van der Waals surface area contributed by atoms with Crippen molar-refractivity contribution in [2.75, 3.05) is 30.2 Å². The van der Waals surface area contributed by atoms with E-state index in [1.807, 2.05) is 0 Å². The van der Waals surface area contributed by atoms with Crippen LogP contribution in [0, 0.1) is 0 Å². The van der Waals surface area contributed by atoms with Gasteiger partial charge in [0.05, 0.1) is 42.4 Å². The summed E-state index contributed by atoms with van der Waals surface area (Å²) in [7, 11) is 2.41. The van der Waals surface area contributed by atoms with Crippen molar-refractivity contribution < 1.29 is 43.7 Å². The Balaban J connectivity index is 2.49. The Morgan fingerprint density at radius 2 is 1.65 bits per heavy atom. The fourth-order valence-corrected chi connectivity index (χ4v) is 2.92. The molecule has 0 fully saturated rings. The minimum atomic E-state index is -1.30. The topological polar surface area (TPSA) is 205 Å². The second kappa shape index (κ2) is 12.4. The third-order valence-electron chi connectivity index (χ3n) is 4.58. The fourth-order valence-electron chi connectivity index (χ4n) is 2.92. The maximum atomic E-state index is 13.0. The lowest BCUT2D eigenvalue weighted by Crippen LogP contribution is -2.16. The van der Waals surface area contributed by atoms with Crippen molar-refractivity contribution in [2.45, 2.75) is 13.8 Å². The molecular formula is C23H23N5O9. The van der Waals surface area contributed by atoms with Gasteiger partial charge in [-0.3, -0.25) is 14.4 Å². The smallest absolute Gasteiger partial charge is 0.340 e. The Kier molecular flexibility index (Phi) is 9.40. The van der Waals surface area contributed by atoms with E-state index in [4.69, 9.17) is 4.74 Å². The van der Waals surface area contributed by atoms with Crippen molar-refractivity contribution in [3.63, 3.8) is 0 Å². The van der Waals surface area contributed by atoms with Crippen LogP contribution in [0.15, 0.2) is 52.0 Å². The van der Waals surface area contributed by atoms with E-state index in [1.165, 1.54) is 32.2 Å². The molecule has 14 nitrogen and oxygen atoms in total. The lowest BCUT2D eigenvalue weighted by Gasteiger charge is -2.16. The molecule has 0 bridgehead atoms. The number of anilines is 3. The van der Waals surface area contributed by atoms with E-state index in [0.717, 1.165) is 26.2 Å². The molecule has 0 aromatic heterocycles. The molecule has 0 spiro atoms. The Hall–Kier alpha value is -5.27. The zero-order valence-electron chi connectivity index (χ0n) is 20.1. The van der Waals surface area contributed by atoms with Gasteiger partial charge in [0.1, 0.15) is 17.2 Å². The van der Waals surface area contributed by atoms with Gasteiger partial charge < -0.3 is 35.6 Å². The van der Waals surface area contributed by atoms with Gasteiger partial charge >= 0.3 is 11.9 Å². The number of aromatic carboxylic acids is 1. The summed E-state index contributed by atoms with van der Waals surface area (Å²) < 4.78 is 9.88. The molecule has 2 rings (SSSR count). The molecule has 0 heterocycles. The van der Waals surface area contributed by atoms with Crippen molar-refractivity contribution in [1.82, 2.24) is 0 Å². The van der Waals surface area contributed by atoms with Gasteiger partial charge in [-0.25, -0.2) is 9.59 Å². The van der Waals surface area contributed by atoms with Crippen LogP contribution >= 0.6 is 0 Å². The average molecular weight is 513 g/mol. The first kappa shape index (κ1) is 28.0. The van der Waals surface area contributed by atoms with Crippen molar-refractivity contribution in [2.24, 2.45) is 10.2 Å². The quantitative estimate of drug-likeness (QED) is 0.104. The number of nitrogens with zero attached hydrogens (tertiary/aromatic N) is 2. The second-order valence-corrected chi connectivity index (χ2v) is 7.16. The number of methoxy groups -OCH3 is 2. The molecule has 0 unspecified atom stereocenters. The van der Waals surface area contributed by atoms with E-state index in [0.29, 0.717) is 6.41 Å². The predicted molar refractivity (Wildman–Crippen MR) is 130 cm³/mol. The standard InChI is InChI=1S/C23H23N5O9/c1-11(30)20(28-27-15-7-13(22(33)34)5-6-14(15)23(35)37-4)21(32)26-18-8-17(25-12(2)31)16(24-10-29)9-19(18)36-3/h5-10,30H,1-4H3,(H,24,29)(H,25,31)(H,26,32)(H,33,34). The molecule has 0 saturated carbocycles. The molecule has 0 aliphatic carbocycles. The Morgan fingerprint density at radius 3 is 2.19 bits per heavy atom. The maximum Gasteiger partial charge on any atom is 0.340 e. The van der Waals surface area contributed by atoms with Crippen molar-refractivity contribution in [3.8, 4) is 5.75 Å². The van der Waals surface area contributed by atoms with Crippen LogP contribution < -0.4 is 20.7 Å². The molecule has 2 aromatic rings. The normalized spacial score (nSPS) is 11.2. The van der Waals surface area contributed by atoms with Crippen LogP contribution in [0.3, 0.4) is 0 Å². The number of carboxylic acids is 1. The van der Waals surface area contributed by atoms with Crippen LogP contribution in [0.4, 0.5) is 22.7 Å². The number of amides is 3. The number of aliphatic hydroxyl groups is 1. The number of carbonyl (C=O) groups is 5. The van der Waals surface area contributed by atoms with E-state index >= 15 is 0 Å². The third-order valence-corrected chi connectivity index (χ3v) is 4.58. The highest BCUT2D eigenvalue weighted by molar-refractivity contribution is 6.06. The summed E-state index contributed by atoms with van der Waals surface area (Å²) in [6.45, 7) is 2.39. The Labute approximate surface area is 210 Å². The molecule has 0 aliphatic rings. The van der Waals surface area contributed by atoms with Gasteiger partial charge in [-0.05, 0) is 31.2 Å². The zero-order valence-corrected chi connectivity index (χ0v) is 20.1. The number of aliphatic hydroxyl groups excluding tert-OH is 1. The number of benzene rings is 2. The molecular weight excluding hydrogens is 490 g/mol. The number of allylic oxidation sites excluding steroid dienone is 1. The second-order valence-electron chi connectivity index (χ2n) is 7.16. The first-order valence-electron chi connectivity index (χ1n) is 10.3. The predicted octanol–water partition coefficient (Wildman–Crippen LogP) is 3.22. The number of esters is 1. The molecule has 0 radical (unpaired) electrons. The highest BCUT2D eigenvalue weighted by atomic mass is 16.5. The fraction of sp³-hybridized carbons (Fsp3) is 0.174. The van der Waals surface area contributed by atoms with Gasteiger partial charge in [-0.2, -0.15) is 0 Å². The number of nitrogens with one attached hydrogen (secondary N) is 3. The van der Waals surface area contributed by atoms with E-state index < -0.39 is 35.2 Å². The Morgan fingerprint density at radius 1 is 0.946 bits per heavy atom. The summed E-state index contributed by atoms with van der Waals surface area (Å²) in [5.74, 6) is -4.03. The molecule has 14 heteroatoms. The lowest BCUT2D eigenvalue weighted by molar-refractivity contribution is -0.114. The van der Waals surface area contributed by atoms with E-state index in [9.17, 15) is 34.2 Å². The van der Waals surface area contributed by atoms with Crippen molar-refractivity contribution >= 4 is 52.9 Å². The van der Waals surface area contributed by atoms with Crippen LogP contribution in [-0.4, -0.2) is 54.6 Å². The van der Waals surface area contributed by atoms with Gasteiger partial charge in [0.2, 0.25) is 12.3 Å². The number of hydrogen-bond donors (Lipinski definition) is 5. The van der Waals surface area contributed by atoms with E-state index in [1.54, 1.807) is 0 Å². The van der Waals surface area contributed by atoms with E-state index in [2.05, 4.69) is 30.9 Å². The highest BCUT2D eigenvalue weighted by Gasteiger charge is 2.20. The maximum absolute atomic E-state index is 13.0. The number of carbonyl (C=O) groups excluding carboxylic acids is 4. The molecule has 5 N–H and O–H groups in total. The minimum absolute atomic E-state index is 0.0322. The highest BCUT2D eigenvalue weighted by Crippen LogP contribution is 2.35. The molecule has 2 aromatic carbocycles. The molecule has 0 saturated heterocycles. The van der Waals surface area contributed by atoms with Crippen molar-refractivity contribution in [3.05, 3.63) is 52.9 Å². The van der Waals surface area contributed by atoms with Gasteiger partial charge in [-0.1, -0.05) is 0 Å². The lowest BCUT2D eigenvalue weighted by atomic mass is 10.1. The molecule has 194 valence electrons. The summed E-state index contributed by atoms with van der Waals surface area (Å²) in [4.78, 5) is 58.8. The minimum Gasteiger partial charge on any atom is -0.510 e. The van der Waals surface area contributed by atoms with Gasteiger partial charge in [0.15, 0.2) is 5.70 Å². The largest absolute Gasteiger partial charge is 0.510 e. The summed E-state index contributed by atoms with van der Waals surface area (Å²) in [6, 6.07) is 6.02. The SMILES string of the molecule is COC(=O)c1ccc(C(=O)O)cc1N=NC(C(=O)Nc1cc(NC(C)=O)c(NC=O)cc1OC)=C(C)O. The van der Waals surface area contributed by atoms with Gasteiger partial charge in [-0.15, -0.1) is 10.2 Å². The third kappa shape index (κ3) is 7.11. The van der Waals surface area contributed by atoms with Crippen LogP contribution in [0.5, 0.6) is 5.75 Å². The van der Waals surface area contributed by atoms with Crippen LogP contribution in [0.2, 0.25) is 0 Å². The first-order chi connectivity index (χ1) is 17.5. The molecule has 3 amide bonds. The zero-order chi connectivity index (χ0) is 27.7. The number of carboxylic acid groups (broad SMARTS) is 1. The van der Waals surface area contributed by atoms with Gasteiger partial charge in [0.25, 0.3) is 5.91 Å². The monoisotopic (exact) mass is 513 g/mol. The number of rotatable bonds is 10. The number of ether oxygens (including phenoxy) is 2. The van der Waals surface area contributed by atoms with Crippen LogP contribution in [-0.2, 0) is 19.1 Å². The van der Waals surface area contributed by atoms with Crippen LogP contribution in [0.25, 0.3) is 0 Å². The average Bonchev–Trinajstić information content (AvgIpc) is 2.84. The number of hydrogen-bond acceptors (Lipinski definition) is 10. The molecule has 0 aliphatic heterocycles. The summed E-state index contributed by atoms with van der Waals surface area (Å²) in [5.41, 5.74) is -0.810. The first-order valence-corrected chi connectivity index (χ1v) is 10.3. The number of azo groups is 1. The van der Waals surface area contributed by atoms with Gasteiger partial charge in [0, 0.05) is 13.0 Å². The Bertz CT molecular complexity index is 1310. The summed E-state index contributed by atoms with van der Waals surface area (Å²) >= 11 is 0.